The summed E-state index contributed by atoms with van der Waals surface area (Å²) in [7, 11) is 0. The van der Waals surface area contributed by atoms with E-state index in [-0.39, 0.29) is 0 Å². The van der Waals surface area contributed by atoms with Crippen LogP contribution in [0.1, 0.15) is 90.9 Å². The highest BCUT2D eigenvalue weighted by Crippen LogP contribution is 2.46. The van der Waals surface area contributed by atoms with Gasteiger partial charge < -0.3 is 0 Å². The molecule has 1 aliphatic heterocycles. The molecule has 2 aliphatic rings. The SMILES string of the molecule is CCCCCCCC1CSB(C2CCC(CCC)CC2)SC1. The molecule has 0 spiro atoms. The van der Waals surface area contributed by atoms with E-state index in [4.69, 9.17) is 0 Å². The summed E-state index contributed by atoms with van der Waals surface area (Å²) < 4.78 is 0. The van der Waals surface area contributed by atoms with Gasteiger partial charge in [-0.25, -0.2) is 0 Å². The van der Waals surface area contributed by atoms with Crippen LogP contribution in [0.2, 0.25) is 5.82 Å². The van der Waals surface area contributed by atoms with Crippen LogP contribution < -0.4 is 0 Å². The molecule has 2 rings (SSSR count). The van der Waals surface area contributed by atoms with E-state index >= 15 is 0 Å². The summed E-state index contributed by atoms with van der Waals surface area (Å²) in [4.78, 5) is 0. The summed E-state index contributed by atoms with van der Waals surface area (Å²) in [6.07, 6.45) is 17.7. The molecule has 1 saturated heterocycles. The fourth-order valence-corrected chi connectivity index (χ4v) is 7.78. The van der Waals surface area contributed by atoms with Gasteiger partial charge in [-0.1, -0.05) is 84.5 Å². The molecular formula is C19H37BS2. The largest absolute Gasteiger partial charge is 0.276 e. The Hall–Kier alpha value is 0.765. The molecule has 2 fully saturated rings. The van der Waals surface area contributed by atoms with Crippen molar-refractivity contribution in [2.24, 2.45) is 11.8 Å². The molecule has 0 nitrogen and oxygen atoms in total. The third kappa shape index (κ3) is 6.71. The Kier molecular flexibility index (Phi) is 9.84. The van der Waals surface area contributed by atoms with E-state index in [1.807, 2.05) is 0 Å². The standard InChI is InChI=1S/C19H37BS2/c1-3-5-6-7-8-10-18-15-21-20(22-16-18)19-13-11-17(9-4-2)12-14-19/h17-19H,3-16H2,1-2H3. The highest BCUT2D eigenvalue weighted by Gasteiger charge is 2.34. The van der Waals surface area contributed by atoms with Crippen LogP contribution in [0.15, 0.2) is 0 Å². The molecule has 0 aromatic rings. The van der Waals surface area contributed by atoms with Crippen molar-refractivity contribution in [1.29, 1.82) is 0 Å². The van der Waals surface area contributed by atoms with Crippen LogP contribution in [0, 0.1) is 11.8 Å². The van der Waals surface area contributed by atoms with Crippen LogP contribution in [-0.4, -0.2) is 16.8 Å². The van der Waals surface area contributed by atoms with Gasteiger partial charge in [0.1, 0.15) is 0 Å². The maximum absolute atomic E-state index is 2.35. The van der Waals surface area contributed by atoms with Crippen LogP contribution in [0.5, 0.6) is 0 Å². The smallest absolute Gasteiger partial charge is 0.195 e. The molecule has 128 valence electrons. The van der Waals surface area contributed by atoms with Crippen molar-refractivity contribution in [3.05, 3.63) is 0 Å². The zero-order valence-corrected chi connectivity index (χ0v) is 16.7. The monoisotopic (exact) mass is 340 g/mol. The summed E-state index contributed by atoms with van der Waals surface area (Å²) in [5.74, 6) is 6.04. The van der Waals surface area contributed by atoms with Gasteiger partial charge in [0.05, 0.1) is 0 Å². The number of hydrogen-bond donors (Lipinski definition) is 0. The first-order valence-electron chi connectivity index (χ1n) is 10.1. The van der Waals surface area contributed by atoms with Gasteiger partial charge in [-0.3, -0.25) is 0 Å². The van der Waals surface area contributed by atoms with Gasteiger partial charge >= 0.3 is 0 Å². The maximum Gasteiger partial charge on any atom is 0.276 e. The van der Waals surface area contributed by atoms with Crippen LogP contribution in [0.3, 0.4) is 0 Å². The number of rotatable bonds is 9. The Bertz CT molecular complexity index is 269. The minimum absolute atomic E-state index is 0.943. The third-order valence-corrected chi connectivity index (χ3v) is 9.25. The van der Waals surface area contributed by atoms with Crippen molar-refractivity contribution in [2.75, 3.05) is 11.5 Å². The quantitative estimate of drug-likeness (QED) is 0.319. The summed E-state index contributed by atoms with van der Waals surface area (Å²) >= 11 is 4.65. The molecule has 0 N–H and O–H groups in total. The van der Waals surface area contributed by atoms with Crippen molar-refractivity contribution in [3.8, 4) is 0 Å². The number of unbranched alkanes of at least 4 members (excludes halogenated alkanes) is 4. The fourth-order valence-electron chi connectivity index (χ4n) is 4.19. The van der Waals surface area contributed by atoms with Crippen molar-refractivity contribution < 1.29 is 0 Å². The van der Waals surface area contributed by atoms with Gasteiger partial charge in [0.15, 0.2) is 0 Å². The molecule has 0 amide bonds. The first-order chi connectivity index (χ1) is 10.8. The average Bonchev–Trinajstić information content (AvgIpc) is 2.56. The van der Waals surface area contributed by atoms with Gasteiger partial charge in [0, 0.05) is 0 Å². The lowest BCUT2D eigenvalue weighted by molar-refractivity contribution is 0.336. The zero-order chi connectivity index (χ0) is 15.6. The summed E-state index contributed by atoms with van der Waals surface area (Å²) in [6.45, 7) is 4.66. The molecule has 0 aromatic heterocycles. The molecule has 0 atom stereocenters. The molecule has 1 aliphatic carbocycles. The second kappa shape index (κ2) is 11.3. The molecule has 1 saturated carbocycles. The predicted octanol–water partition coefficient (Wildman–Crippen LogP) is 7.29. The van der Waals surface area contributed by atoms with Crippen LogP contribution in [-0.2, 0) is 0 Å². The van der Waals surface area contributed by atoms with Crippen molar-refractivity contribution in [1.82, 2.24) is 0 Å². The molecule has 0 bridgehead atoms. The predicted molar refractivity (Wildman–Crippen MR) is 108 cm³/mol. The van der Waals surface area contributed by atoms with Crippen molar-refractivity contribution in [2.45, 2.75) is 96.7 Å². The van der Waals surface area contributed by atoms with Gasteiger partial charge in [-0.05, 0) is 35.6 Å². The zero-order valence-electron chi connectivity index (χ0n) is 15.0. The average molecular weight is 340 g/mol. The molecule has 1 heterocycles. The van der Waals surface area contributed by atoms with E-state index in [2.05, 4.69) is 37.1 Å². The van der Waals surface area contributed by atoms with Crippen LogP contribution >= 0.6 is 23.2 Å². The Labute approximate surface area is 148 Å². The van der Waals surface area contributed by atoms with E-state index in [9.17, 15) is 0 Å². The van der Waals surface area contributed by atoms with Crippen molar-refractivity contribution >= 4 is 28.5 Å². The summed E-state index contributed by atoms with van der Waals surface area (Å²) in [5.41, 5.74) is 0. The minimum Gasteiger partial charge on any atom is -0.195 e. The highest BCUT2D eigenvalue weighted by molar-refractivity contribution is 8.54. The molecule has 0 aromatic carbocycles. The molecule has 0 radical (unpaired) electrons. The second-order valence-electron chi connectivity index (χ2n) is 7.67. The second-order valence-corrected chi connectivity index (χ2v) is 10.3. The Morgan fingerprint density at radius 2 is 1.41 bits per heavy atom. The Balaban J connectivity index is 1.55. The first kappa shape index (κ1) is 19.1. The number of hydrogen-bond acceptors (Lipinski definition) is 2. The third-order valence-electron chi connectivity index (χ3n) is 5.68. The van der Waals surface area contributed by atoms with E-state index in [0.717, 1.165) is 22.9 Å². The maximum atomic E-state index is 2.35. The first-order valence-corrected chi connectivity index (χ1v) is 12.2. The molecule has 3 heteroatoms. The lowest BCUT2D eigenvalue weighted by atomic mass is 9.69. The highest BCUT2D eigenvalue weighted by atomic mass is 32.2. The lowest BCUT2D eigenvalue weighted by Gasteiger charge is -2.35. The molecule has 22 heavy (non-hydrogen) atoms. The topological polar surface area (TPSA) is 0 Å². The summed E-state index contributed by atoms with van der Waals surface area (Å²) in [5, 5.41) is 0.943. The van der Waals surface area contributed by atoms with E-state index in [0.29, 0.717) is 0 Å². The lowest BCUT2D eigenvalue weighted by Crippen LogP contribution is -2.27. The van der Waals surface area contributed by atoms with Gasteiger partial charge in [0.2, 0.25) is 0 Å². The normalized spacial score (nSPS) is 27.3. The van der Waals surface area contributed by atoms with Gasteiger partial charge in [-0.2, -0.15) is 23.2 Å². The van der Waals surface area contributed by atoms with Crippen molar-refractivity contribution in [3.63, 3.8) is 0 Å². The van der Waals surface area contributed by atoms with E-state index in [1.165, 1.54) is 88.6 Å². The summed E-state index contributed by atoms with van der Waals surface area (Å²) in [6, 6.07) is 0. The van der Waals surface area contributed by atoms with E-state index < -0.39 is 0 Å². The van der Waals surface area contributed by atoms with Crippen LogP contribution in [0.4, 0.5) is 0 Å². The molecule has 0 unspecified atom stereocenters. The van der Waals surface area contributed by atoms with E-state index in [1.54, 1.807) is 0 Å². The minimum atomic E-state index is 0.943. The Morgan fingerprint density at radius 1 is 0.727 bits per heavy atom. The van der Waals surface area contributed by atoms with Gasteiger partial charge in [0.25, 0.3) is 5.27 Å². The van der Waals surface area contributed by atoms with Crippen LogP contribution in [0.25, 0.3) is 0 Å². The Morgan fingerprint density at radius 3 is 2.05 bits per heavy atom. The fraction of sp³-hybridized carbons (Fsp3) is 1.00. The molecular weight excluding hydrogens is 303 g/mol. The van der Waals surface area contributed by atoms with Gasteiger partial charge in [-0.15, -0.1) is 0 Å².